The number of nitrogens with zero attached hydrogens (tertiary/aromatic N) is 2. The van der Waals surface area contributed by atoms with Crippen LogP contribution in [0.15, 0.2) is 17.1 Å². The zero-order chi connectivity index (χ0) is 22.5. The molecule has 0 bridgehead atoms. The van der Waals surface area contributed by atoms with Crippen LogP contribution < -0.4 is 11.0 Å². The van der Waals surface area contributed by atoms with Gasteiger partial charge in [-0.2, -0.15) is 13.8 Å². The first kappa shape index (κ1) is 23.7. The molecule has 0 spiro atoms. The lowest BCUT2D eigenvalue weighted by atomic mass is 10.1. The average Bonchev–Trinajstić information content (AvgIpc) is 2.88. The molecule has 1 aromatic heterocycles. The average molecular weight is 431 g/mol. The van der Waals surface area contributed by atoms with Gasteiger partial charge in [-0.25, -0.2) is 9.59 Å². The van der Waals surface area contributed by atoms with Crippen molar-refractivity contribution in [2.24, 2.45) is 5.92 Å². The fourth-order valence-corrected chi connectivity index (χ4v) is 2.82. The number of hydrogen-bond donors (Lipinski definition) is 1. The molecule has 11 heteroatoms. The second kappa shape index (κ2) is 9.96. The number of unbranched alkanes of at least 4 members (excludes halogenated alkanes) is 2. The maximum Gasteiger partial charge on any atom is 0.412 e. The summed E-state index contributed by atoms with van der Waals surface area (Å²) in [5, 5.41) is 2.27. The number of aromatic nitrogens is 2. The van der Waals surface area contributed by atoms with Gasteiger partial charge in [-0.1, -0.05) is 33.6 Å². The van der Waals surface area contributed by atoms with E-state index in [0.29, 0.717) is 11.0 Å². The minimum Gasteiger partial charge on any atom is -0.453 e. The highest BCUT2D eigenvalue weighted by Crippen LogP contribution is 2.44. The maximum atomic E-state index is 14.8. The summed E-state index contributed by atoms with van der Waals surface area (Å²) in [5.41, 5.74) is -1.06. The minimum atomic E-state index is -3.66. The van der Waals surface area contributed by atoms with E-state index >= 15 is 0 Å². The number of rotatable bonds is 8. The molecule has 1 fully saturated rings. The number of carbonyl (C=O) groups is 2. The second-order valence-corrected chi connectivity index (χ2v) is 7.35. The quantitative estimate of drug-likeness (QED) is 0.498. The van der Waals surface area contributed by atoms with Crippen molar-refractivity contribution in [1.29, 1.82) is 0 Å². The Morgan fingerprint density at radius 2 is 2.07 bits per heavy atom. The van der Waals surface area contributed by atoms with Gasteiger partial charge in [-0.15, -0.1) is 0 Å². The smallest absolute Gasteiger partial charge is 0.412 e. The molecule has 1 aliphatic heterocycles. The summed E-state index contributed by atoms with van der Waals surface area (Å²) < 4.78 is 45.3. The third kappa shape index (κ3) is 5.53. The molecule has 0 aliphatic carbocycles. The van der Waals surface area contributed by atoms with E-state index in [4.69, 9.17) is 14.2 Å². The van der Waals surface area contributed by atoms with Gasteiger partial charge in [0.25, 0.3) is 0 Å². The van der Waals surface area contributed by atoms with Crippen molar-refractivity contribution >= 4 is 17.9 Å². The summed E-state index contributed by atoms with van der Waals surface area (Å²) in [6.45, 7) is 6.59. The Morgan fingerprint density at radius 1 is 1.37 bits per heavy atom. The number of ether oxygens (including phenoxy) is 3. The highest BCUT2D eigenvalue weighted by molar-refractivity contribution is 5.83. The van der Waals surface area contributed by atoms with Crippen LogP contribution in [0.5, 0.6) is 0 Å². The lowest BCUT2D eigenvalue weighted by Crippen LogP contribution is -2.44. The lowest BCUT2D eigenvalue weighted by Gasteiger charge is -2.24. The summed E-state index contributed by atoms with van der Waals surface area (Å²) in [6.07, 6.45) is -2.19. The van der Waals surface area contributed by atoms with E-state index in [1.165, 1.54) is 26.8 Å². The Balaban J connectivity index is 2.10. The molecule has 9 nitrogen and oxygen atoms in total. The van der Waals surface area contributed by atoms with Crippen LogP contribution in [0.2, 0.25) is 0 Å². The summed E-state index contributed by atoms with van der Waals surface area (Å²) in [7, 11) is 0. The standard InChI is InChI=1S/C19H27F2N3O6/c1-5-6-7-10-28-18(27)23-13-8-9-24(17(26)22-13)16-19(20,21)14(12(4)29-16)30-15(25)11(2)3/h8-9,11-12,14,16H,5-7,10H2,1-4H3,(H,22,23,26,27)/t12-,14-,16-/m1/s1. The van der Waals surface area contributed by atoms with Crippen LogP contribution in [0.1, 0.15) is 53.2 Å². The molecule has 3 atom stereocenters. The van der Waals surface area contributed by atoms with E-state index in [-0.39, 0.29) is 12.4 Å². The lowest BCUT2D eigenvalue weighted by molar-refractivity contribution is -0.179. The molecule has 1 N–H and O–H groups in total. The van der Waals surface area contributed by atoms with Gasteiger partial charge >= 0.3 is 23.7 Å². The van der Waals surface area contributed by atoms with E-state index < -0.39 is 48.0 Å². The Morgan fingerprint density at radius 3 is 2.67 bits per heavy atom. The van der Waals surface area contributed by atoms with Crippen molar-refractivity contribution in [1.82, 2.24) is 9.55 Å². The number of amides is 1. The molecule has 1 aliphatic rings. The van der Waals surface area contributed by atoms with Gasteiger partial charge in [0.2, 0.25) is 6.23 Å². The minimum absolute atomic E-state index is 0.145. The molecule has 1 aromatic rings. The van der Waals surface area contributed by atoms with E-state index in [1.54, 1.807) is 0 Å². The van der Waals surface area contributed by atoms with E-state index in [1.807, 2.05) is 6.92 Å². The first-order valence-corrected chi connectivity index (χ1v) is 9.84. The Kier molecular flexibility index (Phi) is 7.88. The van der Waals surface area contributed by atoms with Crippen LogP contribution in [0.25, 0.3) is 0 Å². The molecule has 2 rings (SSSR count). The Bertz CT molecular complexity index is 814. The molecule has 0 unspecified atom stereocenters. The summed E-state index contributed by atoms with van der Waals surface area (Å²) >= 11 is 0. The van der Waals surface area contributed by atoms with Gasteiger partial charge < -0.3 is 14.2 Å². The van der Waals surface area contributed by atoms with Crippen molar-refractivity contribution in [3.8, 4) is 0 Å². The summed E-state index contributed by atoms with van der Waals surface area (Å²) in [5.74, 6) is -5.20. The van der Waals surface area contributed by atoms with Crippen LogP contribution in [-0.4, -0.2) is 46.4 Å². The van der Waals surface area contributed by atoms with Crippen molar-refractivity contribution in [2.45, 2.75) is 71.3 Å². The molecule has 2 heterocycles. The molecule has 0 aromatic carbocycles. The largest absolute Gasteiger partial charge is 0.453 e. The molecular formula is C19H27F2N3O6. The number of carbonyl (C=O) groups excluding carboxylic acids is 2. The van der Waals surface area contributed by atoms with Crippen LogP contribution in [0.4, 0.5) is 19.4 Å². The van der Waals surface area contributed by atoms with Crippen molar-refractivity contribution in [3.05, 3.63) is 22.7 Å². The first-order valence-electron chi connectivity index (χ1n) is 9.84. The molecule has 1 saturated heterocycles. The number of anilines is 1. The van der Waals surface area contributed by atoms with E-state index in [2.05, 4.69) is 10.3 Å². The highest BCUT2D eigenvalue weighted by atomic mass is 19.3. The molecule has 0 saturated carbocycles. The molecular weight excluding hydrogens is 404 g/mol. The van der Waals surface area contributed by atoms with E-state index in [0.717, 1.165) is 19.0 Å². The van der Waals surface area contributed by atoms with Crippen LogP contribution >= 0.6 is 0 Å². The second-order valence-electron chi connectivity index (χ2n) is 7.35. The van der Waals surface area contributed by atoms with Crippen LogP contribution in [0.3, 0.4) is 0 Å². The fraction of sp³-hybridized carbons (Fsp3) is 0.684. The van der Waals surface area contributed by atoms with Crippen LogP contribution in [-0.2, 0) is 19.0 Å². The number of halogens is 2. The highest BCUT2D eigenvalue weighted by Gasteiger charge is 2.61. The van der Waals surface area contributed by atoms with Crippen molar-refractivity contribution < 1.29 is 32.6 Å². The number of alkyl halides is 2. The van der Waals surface area contributed by atoms with Gasteiger partial charge in [0.05, 0.1) is 12.5 Å². The zero-order valence-electron chi connectivity index (χ0n) is 17.4. The van der Waals surface area contributed by atoms with Gasteiger partial charge in [-0.05, 0) is 19.4 Å². The molecule has 168 valence electrons. The third-order valence-electron chi connectivity index (χ3n) is 4.49. The number of nitrogens with one attached hydrogen (secondary N) is 1. The summed E-state index contributed by atoms with van der Waals surface area (Å²) in [6, 6.07) is 1.17. The van der Waals surface area contributed by atoms with Crippen LogP contribution in [0, 0.1) is 5.92 Å². The maximum absolute atomic E-state index is 14.8. The zero-order valence-corrected chi connectivity index (χ0v) is 17.4. The molecule has 1 amide bonds. The Labute approximate surface area is 172 Å². The summed E-state index contributed by atoms with van der Waals surface area (Å²) in [4.78, 5) is 39.3. The van der Waals surface area contributed by atoms with Gasteiger partial charge in [0.1, 0.15) is 11.9 Å². The van der Waals surface area contributed by atoms with Crippen molar-refractivity contribution in [2.75, 3.05) is 11.9 Å². The predicted octanol–water partition coefficient (Wildman–Crippen LogP) is 3.10. The number of hydrogen-bond acceptors (Lipinski definition) is 7. The SMILES string of the molecule is CCCCCOC(=O)Nc1ccn([C@@H]2O[C@H](C)[C@@H](OC(=O)C(C)C)C2(F)F)c(=O)n1. The molecule has 30 heavy (non-hydrogen) atoms. The number of esters is 1. The predicted molar refractivity (Wildman–Crippen MR) is 102 cm³/mol. The van der Waals surface area contributed by atoms with Gasteiger partial charge in [-0.3, -0.25) is 14.7 Å². The molecule has 0 radical (unpaired) electrons. The third-order valence-corrected chi connectivity index (χ3v) is 4.49. The van der Waals surface area contributed by atoms with Gasteiger partial charge in [0, 0.05) is 6.20 Å². The Hall–Kier alpha value is -2.56. The normalized spacial score (nSPS) is 22.7. The van der Waals surface area contributed by atoms with Gasteiger partial charge in [0.15, 0.2) is 6.10 Å². The monoisotopic (exact) mass is 431 g/mol. The fourth-order valence-electron chi connectivity index (χ4n) is 2.82. The topological polar surface area (TPSA) is 109 Å². The van der Waals surface area contributed by atoms with E-state index in [9.17, 15) is 23.2 Å². The first-order chi connectivity index (χ1) is 14.1. The van der Waals surface area contributed by atoms with Crippen molar-refractivity contribution in [3.63, 3.8) is 0 Å².